The first-order valence-electron chi connectivity index (χ1n) is 5.98. The predicted molar refractivity (Wildman–Crippen MR) is 69.7 cm³/mol. The number of hydrogen-bond donors (Lipinski definition) is 0. The molecule has 82 valence electrons. The molecule has 0 saturated carbocycles. The van der Waals surface area contributed by atoms with E-state index in [1.165, 1.54) is 31.3 Å². The van der Waals surface area contributed by atoms with Gasteiger partial charge in [0.2, 0.25) is 0 Å². The minimum Gasteiger partial charge on any atom is -0.500 e. The molecule has 0 N–H and O–H groups in total. The van der Waals surface area contributed by atoms with E-state index in [0.29, 0.717) is 0 Å². The summed E-state index contributed by atoms with van der Waals surface area (Å²) in [6, 6.07) is 0. The average molecular weight is 217 g/mol. The van der Waals surface area contributed by atoms with Gasteiger partial charge in [-0.2, -0.15) is 12.8 Å². The van der Waals surface area contributed by atoms with Crippen molar-refractivity contribution in [1.29, 1.82) is 0 Å². The van der Waals surface area contributed by atoms with Crippen molar-refractivity contribution in [3.05, 3.63) is 23.8 Å². The molecular formula is C14H24Mg. The molecule has 15 heavy (non-hydrogen) atoms. The van der Waals surface area contributed by atoms with Gasteiger partial charge in [-0.25, -0.2) is 0 Å². The van der Waals surface area contributed by atoms with Crippen LogP contribution in [0.15, 0.2) is 11.6 Å². The summed E-state index contributed by atoms with van der Waals surface area (Å²) < 4.78 is 0. The van der Waals surface area contributed by atoms with Gasteiger partial charge in [-0.1, -0.05) is 52.9 Å². The van der Waals surface area contributed by atoms with Gasteiger partial charge in [0, 0.05) is 0 Å². The van der Waals surface area contributed by atoms with Crippen molar-refractivity contribution in [3.8, 4) is 0 Å². The fourth-order valence-corrected chi connectivity index (χ4v) is 1.36. The Bertz CT molecular complexity index is 168. The van der Waals surface area contributed by atoms with Crippen molar-refractivity contribution in [2.24, 2.45) is 0 Å². The zero-order valence-corrected chi connectivity index (χ0v) is 12.1. The summed E-state index contributed by atoms with van der Waals surface area (Å²) in [7, 11) is 0. The van der Waals surface area contributed by atoms with Gasteiger partial charge in [0.25, 0.3) is 0 Å². The van der Waals surface area contributed by atoms with Gasteiger partial charge >= 0.3 is 23.1 Å². The molecule has 0 bridgehead atoms. The van der Waals surface area contributed by atoms with Crippen LogP contribution in [0, 0.1) is 12.2 Å². The SMILES string of the molecule is CC[C-]=C(CC)C[C-]=CCCCCC.[Mg+2]. The van der Waals surface area contributed by atoms with Gasteiger partial charge < -0.3 is 12.2 Å². The largest absolute Gasteiger partial charge is 2.00 e. The molecule has 0 unspecified atom stereocenters. The summed E-state index contributed by atoms with van der Waals surface area (Å²) >= 11 is 0. The molecule has 0 radical (unpaired) electrons. The normalized spacial score (nSPS) is 11.8. The molecule has 0 nitrogen and oxygen atoms in total. The molecule has 0 aliphatic rings. The van der Waals surface area contributed by atoms with Crippen LogP contribution in [0.4, 0.5) is 0 Å². The zero-order chi connectivity index (χ0) is 10.6. The Kier molecular flexibility index (Phi) is 16.7. The fourth-order valence-electron chi connectivity index (χ4n) is 1.36. The molecule has 0 amide bonds. The third-order valence-electron chi connectivity index (χ3n) is 2.27. The first-order valence-corrected chi connectivity index (χ1v) is 5.98. The van der Waals surface area contributed by atoms with Crippen LogP contribution in [0.2, 0.25) is 0 Å². The fraction of sp³-hybridized carbons (Fsp3) is 0.714. The van der Waals surface area contributed by atoms with Crippen LogP contribution in [-0.2, 0) is 0 Å². The molecule has 0 aromatic rings. The van der Waals surface area contributed by atoms with Gasteiger partial charge in [0.15, 0.2) is 0 Å². The number of unbranched alkanes of at least 4 members (excludes halogenated alkanes) is 3. The van der Waals surface area contributed by atoms with Crippen LogP contribution >= 0.6 is 0 Å². The van der Waals surface area contributed by atoms with Crippen LogP contribution < -0.4 is 0 Å². The van der Waals surface area contributed by atoms with E-state index in [9.17, 15) is 0 Å². The summed E-state index contributed by atoms with van der Waals surface area (Å²) in [6.45, 7) is 6.57. The minimum atomic E-state index is 0. The van der Waals surface area contributed by atoms with E-state index >= 15 is 0 Å². The van der Waals surface area contributed by atoms with Crippen molar-refractivity contribution < 1.29 is 0 Å². The van der Waals surface area contributed by atoms with Gasteiger partial charge in [-0.3, -0.25) is 11.6 Å². The van der Waals surface area contributed by atoms with E-state index < -0.39 is 0 Å². The van der Waals surface area contributed by atoms with Crippen molar-refractivity contribution in [2.75, 3.05) is 0 Å². The Hall–Kier alpha value is 0.246. The van der Waals surface area contributed by atoms with E-state index in [0.717, 1.165) is 19.3 Å². The summed E-state index contributed by atoms with van der Waals surface area (Å²) in [5.41, 5.74) is 1.40. The molecule has 0 heterocycles. The molecule has 0 rings (SSSR count). The Morgan fingerprint density at radius 2 is 1.87 bits per heavy atom. The molecule has 0 fully saturated rings. The molecule has 0 aliphatic carbocycles. The molecule has 0 aromatic carbocycles. The van der Waals surface area contributed by atoms with E-state index in [-0.39, 0.29) is 23.1 Å². The first kappa shape index (κ1) is 17.6. The van der Waals surface area contributed by atoms with Crippen molar-refractivity contribution in [3.63, 3.8) is 0 Å². The number of hydrogen-bond acceptors (Lipinski definition) is 0. The van der Waals surface area contributed by atoms with Crippen LogP contribution in [0.5, 0.6) is 0 Å². The maximum Gasteiger partial charge on any atom is 2.00 e. The maximum absolute atomic E-state index is 3.37. The second-order valence-corrected chi connectivity index (χ2v) is 3.57. The Morgan fingerprint density at radius 3 is 2.40 bits per heavy atom. The molecular weight excluding hydrogens is 192 g/mol. The van der Waals surface area contributed by atoms with E-state index in [4.69, 9.17) is 0 Å². The van der Waals surface area contributed by atoms with Gasteiger partial charge in [-0.05, 0) is 0 Å². The Labute approximate surface area is 112 Å². The molecule has 0 aliphatic heterocycles. The second kappa shape index (κ2) is 14.2. The van der Waals surface area contributed by atoms with Crippen LogP contribution in [0.1, 0.15) is 65.7 Å². The zero-order valence-electron chi connectivity index (χ0n) is 10.7. The van der Waals surface area contributed by atoms with Crippen LogP contribution in [-0.4, -0.2) is 23.1 Å². The van der Waals surface area contributed by atoms with Gasteiger partial charge in [0.05, 0.1) is 0 Å². The Morgan fingerprint density at radius 1 is 1.13 bits per heavy atom. The maximum atomic E-state index is 3.37. The third-order valence-corrected chi connectivity index (χ3v) is 2.27. The van der Waals surface area contributed by atoms with Crippen LogP contribution in [0.25, 0.3) is 0 Å². The Balaban J connectivity index is 0. The minimum absolute atomic E-state index is 0. The summed E-state index contributed by atoms with van der Waals surface area (Å²) in [4.78, 5) is 0. The topological polar surface area (TPSA) is 0 Å². The van der Waals surface area contributed by atoms with Crippen molar-refractivity contribution >= 4 is 23.1 Å². The molecule has 0 aromatic heterocycles. The standard InChI is InChI=1S/C14H24.Mg/c1-4-7-8-9-10-11-13-14(6-3)12-5-2;/h10H,4-9,13H2,1-3H3;/q-2;+2. The number of rotatable bonds is 8. The first-order chi connectivity index (χ1) is 6.85. The van der Waals surface area contributed by atoms with E-state index in [1.54, 1.807) is 0 Å². The van der Waals surface area contributed by atoms with Crippen molar-refractivity contribution in [2.45, 2.75) is 65.7 Å². The molecule has 1 heteroatoms. The average Bonchev–Trinajstić information content (AvgIpc) is 2.21. The number of allylic oxidation sites excluding steroid dienone is 4. The summed E-state index contributed by atoms with van der Waals surface area (Å²) in [5.74, 6) is 0. The molecule has 0 atom stereocenters. The smallest absolute Gasteiger partial charge is 0.500 e. The third kappa shape index (κ3) is 12.2. The van der Waals surface area contributed by atoms with E-state index in [1.807, 2.05) is 0 Å². The second-order valence-electron chi connectivity index (χ2n) is 3.57. The van der Waals surface area contributed by atoms with Crippen molar-refractivity contribution in [1.82, 2.24) is 0 Å². The van der Waals surface area contributed by atoms with Gasteiger partial charge in [0.1, 0.15) is 0 Å². The van der Waals surface area contributed by atoms with E-state index in [2.05, 4.69) is 39.0 Å². The van der Waals surface area contributed by atoms with Crippen LogP contribution in [0.3, 0.4) is 0 Å². The molecule has 0 saturated heterocycles. The summed E-state index contributed by atoms with van der Waals surface area (Å²) in [5, 5.41) is 0. The monoisotopic (exact) mass is 216 g/mol. The summed E-state index contributed by atoms with van der Waals surface area (Å²) in [6.07, 6.45) is 17.2. The van der Waals surface area contributed by atoms with Gasteiger partial charge in [-0.15, -0.1) is 0 Å². The predicted octanol–water partition coefficient (Wildman–Crippen LogP) is 4.48. The molecule has 0 spiro atoms. The quantitative estimate of drug-likeness (QED) is 0.319.